The van der Waals surface area contributed by atoms with Gasteiger partial charge in [0, 0.05) is 36.7 Å². The molecular formula is C12H22N2O2S. The summed E-state index contributed by atoms with van der Waals surface area (Å²) in [5.41, 5.74) is -0.128. The SMILES string of the molecule is CC1CN(C(=O)COC2(C)CNC2)CC(C)S1. The van der Waals surface area contributed by atoms with E-state index in [-0.39, 0.29) is 18.1 Å². The second-order valence-corrected chi connectivity index (χ2v) is 7.28. The van der Waals surface area contributed by atoms with Gasteiger partial charge in [-0.2, -0.15) is 11.8 Å². The van der Waals surface area contributed by atoms with Gasteiger partial charge in [-0.1, -0.05) is 13.8 Å². The first-order valence-electron chi connectivity index (χ1n) is 6.26. The molecule has 0 saturated carbocycles. The third kappa shape index (κ3) is 3.36. The summed E-state index contributed by atoms with van der Waals surface area (Å²) in [5, 5.41) is 4.23. The number of hydrogen-bond acceptors (Lipinski definition) is 4. The van der Waals surface area contributed by atoms with Crippen LogP contribution in [0.1, 0.15) is 20.8 Å². The quantitative estimate of drug-likeness (QED) is 0.810. The molecule has 4 nitrogen and oxygen atoms in total. The molecule has 0 radical (unpaired) electrons. The van der Waals surface area contributed by atoms with Gasteiger partial charge in [0.25, 0.3) is 0 Å². The summed E-state index contributed by atoms with van der Waals surface area (Å²) < 4.78 is 5.69. The van der Waals surface area contributed by atoms with Crippen molar-refractivity contribution in [1.82, 2.24) is 10.2 Å². The summed E-state index contributed by atoms with van der Waals surface area (Å²) in [5.74, 6) is 0.136. The maximum Gasteiger partial charge on any atom is 0.248 e. The molecule has 0 spiro atoms. The highest BCUT2D eigenvalue weighted by molar-refractivity contribution is 8.00. The average Bonchev–Trinajstić information content (AvgIpc) is 2.22. The highest BCUT2D eigenvalue weighted by atomic mass is 32.2. The fourth-order valence-electron chi connectivity index (χ4n) is 2.29. The minimum Gasteiger partial charge on any atom is -0.363 e. The number of carbonyl (C=O) groups excluding carboxylic acids is 1. The van der Waals surface area contributed by atoms with Crippen molar-refractivity contribution in [3.05, 3.63) is 0 Å². The van der Waals surface area contributed by atoms with Gasteiger partial charge in [0.2, 0.25) is 5.91 Å². The Labute approximate surface area is 107 Å². The molecule has 1 amide bonds. The lowest BCUT2D eigenvalue weighted by Crippen LogP contribution is -2.60. The van der Waals surface area contributed by atoms with Crippen LogP contribution in [0, 0.1) is 0 Å². The molecule has 1 N–H and O–H groups in total. The van der Waals surface area contributed by atoms with Crippen LogP contribution in [0.15, 0.2) is 0 Å². The summed E-state index contributed by atoms with van der Waals surface area (Å²) >= 11 is 1.96. The Morgan fingerprint density at radius 3 is 2.47 bits per heavy atom. The van der Waals surface area contributed by atoms with Crippen molar-refractivity contribution >= 4 is 17.7 Å². The number of nitrogens with zero attached hydrogens (tertiary/aromatic N) is 1. The second kappa shape index (κ2) is 5.16. The molecule has 2 fully saturated rings. The molecule has 2 atom stereocenters. The van der Waals surface area contributed by atoms with E-state index in [4.69, 9.17) is 4.74 Å². The van der Waals surface area contributed by atoms with Gasteiger partial charge in [0.05, 0.1) is 5.60 Å². The van der Waals surface area contributed by atoms with Crippen molar-refractivity contribution in [2.24, 2.45) is 0 Å². The molecule has 98 valence electrons. The Hall–Kier alpha value is -0.260. The van der Waals surface area contributed by atoms with Crippen LogP contribution in [0.25, 0.3) is 0 Å². The Bertz CT molecular complexity index is 284. The number of amides is 1. The molecule has 2 aliphatic heterocycles. The second-order valence-electron chi connectivity index (χ2n) is 5.40. The van der Waals surface area contributed by atoms with Crippen LogP contribution in [0.4, 0.5) is 0 Å². The molecular weight excluding hydrogens is 236 g/mol. The first kappa shape index (κ1) is 13.2. The summed E-state index contributed by atoms with van der Waals surface area (Å²) in [6.45, 7) is 10.0. The summed E-state index contributed by atoms with van der Waals surface area (Å²) in [6, 6.07) is 0. The average molecular weight is 258 g/mol. The van der Waals surface area contributed by atoms with Crippen molar-refractivity contribution in [2.45, 2.75) is 36.9 Å². The van der Waals surface area contributed by atoms with E-state index >= 15 is 0 Å². The van der Waals surface area contributed by atoms with E-state index in [2.05, 4.69) is 19.2 Å². The first-order chi connectivity index (χ1) is 7.98. The molecule has 17 heavy (non-hydrogen) atoms. The number of hydrogen-bond donors (Lipinski definition) is 1. The molecule has 0 bridgehead atoms. The van der Waals surface area contributed by atoms with Crippen LogP contribution >= 0.6 is 11.8 Å². The Kier molecular flexibility index (Phi) is 4.00. The van der Waals surface area contributed by atoms with Crippen molar-refractivity contribution in [2.75, 3.05) is 32.8 Å². The number of carbonyl (C=O) groups is 1. The van der Waals surface area contributed by atoms with E-state index in [1.54, 1.807) is 0 Å². The minimum atomic E-state index is -0.128. The Morgan fingerprint density at radius 2 is 2.00 bits per heavy atom. The molecule has 2 saturated heterocycles. The van der Waals surface area contributed by atoms with Gasteiger partial charge in [0.15, 0.2) is 0 Å². The molecule has 2 rings (SSSR count). The Morgan fingerprint density at radius 1 is 1.41 bits per heavy atom. The van der Waals surface area contributed by atoms with E-state index in [9.17, 15) is 4.79 Å². The van der Waals surface area contributed by atoms with E-state index in [1.807, 2.05) is 23.6 Å². The van der Waals surface area contributed by atoms with Crippen LogP contribution in [-0.4, -0.2) is 59.7 Å². The number of rotatable bonds is 3. The van der Waals surface area contributed by atoms with Crippen LogP contribution in [-0.2, 0) is 9.53 Å². The molecule has 0 aromatic rings. The first-order valence-corrected chi connectivity index (χ1v) is 7.21. The highest BCUT2D eigenvalue weighted by Gasteiger charge is 2.34. The van der Waals surface area contributed by atoms with Crippen molar-refractivity contribution in [3.8, 4) is 0 Å². The van der Waals surface area contributed by atoms with E-state index in [0.29, 0.717) is 10.5 Å². The Balaban J connectivity index is 1.78. The van der Waals surface area contributed by atoms with Crippen LogP contribution in [0.3, 0.4) is 0 Å². The van der Waals surface area contributed by atoms with Gasteiger partial charge < -0.3 is 15.0 Å². The fourth-order valence-corrected chi connectivity index (χ4v) is 3.61. The van der Waals surface area contributed by atoms with Gasteiger partial charge >= 0.3 is 0 Å². The van der Waals surface area contributed by atoms with Gasteiger partial charge in [-0.15, -0.1) is 0 Å². The third-order valence-electron chi connectivity index (χ3n) is 3.31. The normalized spacial score (nSPS) is 32.1. The summed E-state index contributed by atoms with van der Waals surface area (Å²) in [4.78, 5) is 14.0. The zero-order valence-corrected chi connectivity index (χ0v) is 11.7. The van der Waals surface area contributed by atoms with Gasteiger partial charge in [-0.25, -0.2) is 0 Å². The third-order valence-corrected chi connectivity index (χ3v) is 4.54. The largest absolute Gasteiger partial charge is 0.363 e. The van der Waals surface area contributed by atoms with Gasteiger partial charge in [0.1, 0.15) is 6.61 Å². The monoisotopic (exact) mass is 258 g/mol. The maximum atomic E-state index is 12.0. The predicted molar refractivity (Wildman–Crippen MR) is 70.3 cm³/mol. The lowest BCUT2D eigenvalue weighted by molar-refractivity contribution is -0.146. The van der Waals surface area contributed by atoms with Gasteiger partial charge in [-0.3, -0.25) is 4.79 Å². The molecule has 2 unspecified atom stereocenters. The van der Waals surface area contributed by atoms with E-state index in [0.717, 1.165) is 26.2 Å². The van der Waals surface area contributed by atoms with Crippen molar-refractivity contribution < 1.29 is 9.53 Å². The summed E-state index contributed by atoms with van der Waals surface area (Å²) in [7, 11) is 0. The smallest absolute Gasteiger partial charge is 0.248 e. The zero-order valence-electron chi connectivity index (χ0n) is 10.9. The van der Waals surface area contributed by atoms with Crippen LogP contribution in [0.5, 0.6) is 0 Å². The standard InChI is InChI=1S/C12H22N2O2S/c1-9-4-14(5-10(2)17-9)11(15)6-16-12(3)7-13-8-12/h9-10,13H,4-8H2,1-3H3. The lowest BCUT2D eigenvalue weighted by atomic mass is 10.0. The fraction of sp³-hybridized carbons (Fsp3) is 0.917. The van der Waals surface area contributed by atoms with Crippen molar-refractivity contribution in [1.29, 1.82) is 0 Å². The molecule has 2 aliphatic rings. The lowest BCUT2D eigenvalue weighted by Gasteiger charge is -2.40. The van der Waals surface area contributed by atoms with E-state index < -0.39 is 0 Å². The molecule has 5 heteroatoms. The minimum absolute atomic E-state index is 0.128. The molecule has 0 aromatic carbocycles. The van der Waals surface area contributed by atoms with Crippen LogP contribution < -0.4 is 5.32 Å². The van der Waals surface area contributed by atoms with E-state index in [1.165, 1.54) is 0 Å². The molecule has 0 aliphatic carbocycles. The topological polar surface area (TPSA) is 41.6 Å². The van der Waals surface area contributed by atoms with Crippen LogP contribution in [0.2, 0.25) is 0 Å². The van der Waals surface area contributed by atoms with Crippen molar-refractivity contribution in [3.63, 3.8) is 0 Å². The number of ether oxygens (including phenoxy) is 1. The predicted octanol–water partition coefficient (Wildman–Crippen LogP) is 0.717. The summed E-state index contributed by atoms with van der Waals surface area (Å²) in [6.07, 6.45) is 0. The zero-order chi connectivity index (χ0) is 12.5. The van der Waals surface area contributed by atoms with Gasteiger partial charge in [-0.05, 0) is 6.92 Å². The molecule has 0 aromatic heterocycles. The number of thioether (sulfide) groups is 1. The number of nitrogens with one attached hydrogen (secondary N) is 1. The molecule has 2 heterocycles. The highest BCUT2D eigenvalue weighted by Crippen LogP contribution is 2.25. The maximum absolute atomic E-state index is 12.0.